The molecule has 0 atom stereocenters. The van der Waals surface area contributed by atoms with Crippen LogP contribution in [0.15, 0.2) is 9.00 Å². The van der Waals surface area contributed by atoms with Crippen molar-refractivity contribution in [3.05, 3.63) is 15.4 Å². The van der Waals surface area contributed by atoms with E-state index in [1.165, 1.54) is 0 Å². The maximum absolute atomic E-state index is 11.9. The lowest BCUT2D eigenvalue weighted by atomic mass is 10.5. The highest BCUT2D eigenvalue weighted by molar-refractivity contribution is 7.91. The number of rotatable bonds is 9. The minimum absolute atomic E-state index is 0.0396. The summed E-state index contributed by atoms with van der Waals surface area (Å²) >= 11 is 0.687. The van der Waals surface area contributed by atoms with Gasteiger partial charge in [0.05, 0.1) is 13.2 Å². The van der Waals surface area contributed by atoms with Crippen molar-refractivity contribution in [2.75, 3.05) is 33.5 Å². The molecule has 0 saturated heterocycles. The molecule has 0 spiro atoms. The Bertz CT molecular complexity index is 534. The molecule has 110 valence electrons. The lowest BCUT2D eigenvalue weighted by Crippen LogP contribution is -2.25. The zero-order valence-electron chi connectivity index (χ0n) is 10.9. The van der Waals surface area contributed by atoms with Crippen LogP contribution in [-0.2, 0) is 19.5 Å². The van der Waals surface area contributed by atoms with E-state index in [-0.39, 0.29) is 15.6 Å². The van der Waals surface area contributed by atoms with Crippen LogP contribution in [0.3, 0.4) is 0 Å². The van der Waals surface area contributed by atoms with Crippen LogP contribution < -0.4 is 9.60 Å². The summed E-state index contributed by atoms with van der Waals surface area (Å²) in [6.07, 6.45) is 0.557. The number of methoxy groups -OCH3 is 1. The highest BCUT2D eigenvalue weighted by Gasteiger charge is 2.19. The normalized spacial score (nSPS) is 11.9. The number of sulfonamides is 1. The van der Waals surface area contributed by atoms with Crippen molar-refractivity contribution >= 4 is 21.4 Å². The highest BCUT2D eigenvalue weighted by Crippen LogP contribution is 2.15. The lowest BCUT2D eigenvalue weighted by Gasteiger charge is -2.06. The average molecular weight is 310 g/mol. The predicted molar refractivity (Wildman–Crippen MR) is 72.2 cm³/mol. The Morgan fingerprint density at radius 2 is 2.05 bits per heavy atom. The molecule has 0 unspecified atom stereocenters. The van der Waals surface area contributed by atoms with Gasteiger partial charge in [-0.15, -0.1) is 0 Å². The zero-order valence-corrected chi connectivity index (χ0v) is 12.5. The van der Waals surface area contributed by atoms with Crippen molar-refractivity contribution in [1.29, 1.82) is 0 Å². The summed E-state index contributed by atoms with van der Waals surface area (Å²) in [5.41, 5.74) is 0.360. The van der Waals surface area contributed by atoms with Gasteiger partial charge in [-0.25, -0.2) is 13.1 Å². The van der Waals surface area contributed by atoms with Gasteiger partial charge in [0.1, 0.15) is 0 Å². The molecule has 0 aliphatic heterocycles. The van der Waals surface area contributed by atoms with E-state index in [4.69, 9.17) is 9.47 Å². The van der Waals surface area contributed by atoms with Crippen LogP contribution in [0.25, 0.3) is 0 Å². The van der Waals surface area contributed by atoms with Crippen LogP contribution in [0.4, 0.5) is 0 Å². The maximum atomic E-state index is 11.9. The van der Waals surface area contributed by atoms with Crippen molar-refractivity contribution in [2.45, 2.75) is 17.6 Å². The fourth-order valence-electron chi connectivity index (χ4n) is 1.34. The summed E-state index contributed by atoms with van der Waals surface area (Å²) in [5.74, 6) is 0. The third-order valence-electron chi connectivity index (χ3n) is 2.21. The van der Waals surface area contributed by atoms with Crippen molar-refractivity contribution in [2.24, 2.45) is 0 Å². The van der Waals surface area contributed by atoms with Gasteiger partial charge in [0.2, 0.25) is 0 Å². The molecule has 7 nitrogen and oxygen atoms in total. The summed E-state index contributed by atoms with van der Waals surface area (Å²) in [5, 5.41) is 0. The van der Waals surface area contributed by atoms with Gasteiger partial charge >= 0.3 is 4.87 Å². The van der Waals surface area contributed by atoms with E-state index >= 15 is 0 Å². The van der Waals surface area contributed by atoms with Gasteiger partial charge in [0, 0.05) is 26.0 Å². The van der Waals surface area contributed by atoms with Crippen LogP contribution in [0.1, 0.15) is 12.1 Å². The first-order valence-electron chi connectivity index (χ1n) is 5.73. The fraction of sp³-hybridized carbons (Fsp3) is 0.700. The first-order chi connectivity index (χ1) is 8.97. The molecule has 0 amide bonds. The SMILES string of the molecule is COCCOCCCNS(=O)(=O)c1sc(=O)[nH]c1C. The molecule has 1 aromatic heterocycles. The van der Waals surface area contributed by atoms with Gasteiger partial charge in [-0.05, 0) is 13.3 Å². The molecule has 9 heteroatoms. The highest BCUT2D eigenvalue weighted by atomic mass is 32.2. The lowest BCUT2D eigenvalue weighted by molar-refractivity contribution is 0.0699. The Morgan fingerprint density at radius 1 is 1.32 bits per heavy atom. The van der Waals surface area contributed by atoms with Crippen LogP contribution in [-0.4, -0.2) is 46.9 Å². The fourth-order valence-corrected chi connectivity index (χ4v) is 3.76. The summed E-state index contributed by atoms with van der Waals surface area (Å²) in [6.45, 7) is 3.28. The minimum Gasteiger partial charge on any atom is -0.382 e. The number of thiazole rings is 1. The summed E-state index contributed by atoms with van der Waals surface area (Å²) < 4.78 is 36.3. The van der Waals surface area contributed by atoms with Crippen molar-refractivity contribution in [1.82, 2.24) is 9.71 Å². The minimum atomic E-state index is -3.61. The van der Waals surface area contributed by atoms with E-state index < -0.39 is 10.0 Å². The van der Waals surface area contributed by atoms with Gasteiger partial charge in [0.25, 0.3) is 10.0 Å². The van der Waals surface area contributed by atoms with E-state index in [0.29, 0.717) is 43.3 Å². The molecule has 1 rings (SSSR count). The van der Waals surface area contributed by atoms with Crippen molar-refractivity contribution in [3.63, 3.8) is 0 Å². The average Bonchev–Trinajstić information content (AvgIpc) is 2.68. The Kier molecular flexibility index (Phi) is 6.66. The van der Waals surface area contributed by atoms with Crippen LogP contribution in [0.5, 0.6) is 0 Å². The monoisotopic (exact) mass is 310 g/mol. The van der Waals surface area contributed by atoms with Crippen LogP contribution in [0.2, 0.25) is 0 Å². The third kappa shape index (κ3) is 5.41. The molecule has 2 N–H and O–H groups in total. The molecule has 0 aliphatic carbocycles. The van der Waals surface area contributed by atoms with E-state index in [1.54, 1.807) is 14.0 Å². The Morgan fingerprint density at radius 3 is 2.63 bits per heavy atom. The molecule has 0 aromatic carbocycles. The quantitative estimate of drug-likeness (QED) is 0.629. The summed E-state index contributed by atoms with van der Waals surface area (Å²) in [4.78, 5) is 13.1. The molecule has 19 heavy (non-hydrogen) atoms. The topological polar surface area (TPSA) is 97.5 Å². The first kappa shape index (κ1) is 16.3. The number of aryl methyl sites for hydroxylation is 1. The standard InChI is InChI=1S/C10H18N2O5S2/c1-8-9(18-10(13)12-8)19(14,15)11-4-3-5-17-7-6-16-2/h11H,3-7H2,1-2H3,(H,12,13). The van der Waals surface area contributed by atoms with E-state index in [9.17, 15) is 13.2 Å². The number of aromatic nitrogens is 1. The Labute approximate surface area is 116 Å². The van der Waals surface area contributed by atoms with Gasteiger partial charge in [0.15, 0.2) is 4.21 Å². The molecular formula is C10H18N2O5S2. The third-order valence-corrected chi connectivity index (χ3v) is 5.28. The van der Waals surface area contributed by atoms with E-state index in [1.807, 2.05) is 0 Å². The smallest absolute Gasteiger partial charge is 0.305 e. The predicted octanol–water partition coefficient (Wildman–Crippen LogP) is 0.0762. The molecule has 0 aliphatic rings. The number of nitrogens with one attached hydrogen (secondary N) is 2. The molecule has 1 heterocycles. The van der Waals surface area contributed by atoms with E-state index in [2.05, 4.69) is 9.71 Å². The molecule has 0 bridgehead atoms. The number of hydrogen-bond acceptors (Lipinski definition) is 6. The number of hydrogen-bond donors (Lipinski definition) is 2. The molecule has 0 radical (unpaired) electrons. The molecular weight excluding hydrogens is 292 g/mol. The number of ether oxygens (including phenoxy) is 2. The Hall–Kier alpha value is -0.740. The van der Waals surface area contributed by atoms with Gasteiger partial charge in [-0.2, -0.15) is 0 Å². The largest absolute Gasteiger partial charge is 0.382 e. The van der Waals surface area contributed by atoms with Gasteiger partial charge < -0.3 is 14.5 Å². The van der Waals surface area contributed by atoms with Crippen LogP contribution >= 0.6 is 11.3 Å². The number of H-pyrrole nitrogens is 1. The second kappa shape index (κ2) is 7.75. The van der Waals surface area contributed by atoms with Crippen molar-refractivity contribution in [3.8, 4) is 0 Å². The summed E-state index contributed by atoms with van der Waals surface area (Å²) in [7, 11) is -2.03. The molecule has 1 aromatic rings. The van der Waals surface area contributed by atoms with Crippen molar-refractivity contribution < 1.29 is 17.9 Å². The maximum Gasteiger partial charge on any atom is 0.305 e. The van der Waals surface area contributed by atoms with Gasteiger partial charge in [-0.3, -0.25) is 4.79 Å². The van der Waals surface area contributed by atoms with Gasteiger partial charge in [-0.1, -0.05) is 11.3 Å². The molecule has 0 saturated carbocycles. The first-order valence-corrected chi connectivity index (χ1v) is 8.03. The second-order valence-corrected chi connectivity index (χ2v) is 6.73. The zero-order chi connectivity index (χ0) is 14.3. The second-order valence-electron chi connectivity index (χ2n) is 3.78. The van der Waals surface area contributed by atoms with E-state index in [0.717, 1.165) is 0 Å². The summed E-state index contributed by atoms with van der Waals surface area (Å²) in [6, 6.07) is 0. The van der Waals surface area contributed by atoms with Crippen LogP contribution in [0, 0.1) is 6.92 Å². The Balaban J connectivity index is 2.36. The molecule has 0 fully saturated rings. The number of aromatic amines is 1.